The molecule has 2 aromatic carbocycles. The molecule has 0 amide bonds. The van der Waals surface area contributed by atoms with Crippen LogP contribution in [0.1, 0.15) is 21.5 Å². The van der Waals surface area contributed by atoms with Gasteiger partial charge in [-0.25, -0.2) is 0 Å². The van der Waals surface area contributed by atoms with E-state index in [2.05, 4.69) is 0 Å². The summed E-state index contributed by atoms with van der Waals surface area (Å²) in [5, 5.41) is 9.78. The van der Waals surface area contributed by atoms with Crippen LogP contribution in [0.4, 0.5) is 0 Å². The number of phenolic OH excluding ortho intramolecular Hbond substituents is 1. The summed E-state index contributed by atoms with van der Waals surface area (Å²) < 4.78 is 11.1. The van der Waals surface area contributed by atoms with E-state index in [9.17, 15) is 9.90 Å². The van der Waals surface area contributed by atoms with Crippen LogP contribution in [0.3, 0.4) is 0 Å². The van der Waals surface area contributed by atoms with Gasteiger partial charge in [0.1, 0.15) is 12.0 Å². The number of aromatic hydroxyl groups is 1. The Labute approximate surface area is 140 Å². The molecule has 0 saturated heterocycles. The number of allylic oxidation sites excluding steroid dienone is 2. The number of ketones is 1. The fourth-order valence-electron chi connectivity index (χ4n) is 2.42. The van der Waals surface area contributed by atoms with Crippen molar-refractivity contribution in [1.82, 2.24) is 0 Å². The van der Waals surface area contributed by atoms with E-state index < -0.39 is 6.29 Å². The summed E-state index contributed by atoms with van der Waals surface area (Å²) in [6.45, 7) is 1.87. The standard InChI is InChI=1S/C20H18O4/c1-14-7-9-18(21)17(11-14)19(22)10-8-16-13-23-20(24-16)12-15-5-3-2-4-6-15/h2-11,13,20-21H,12H2,1H3. The number of ether oxygens (including phenoxy) is 2. The predicted molar refractivity (Wildman–Crippen MR) is 90.5 cm³/mol. The molecule has 1 N–H and O–H groups in total. The van der Waals surface area contributed by atoms with Crippen molar-refractivity contribution in [2.45, 2.75) is 19.6 Å². The van der Waals surface area contributed by atoms with Crippen molar-refractivity contribution < 1.29 is 19.4 Å². The number of benzene rings is 2. The van der Waals surface area contributed by atoms with Crippen molar-refractivity contribution >= 4 is 5.78 Å². The fraction of sp³-hybridized carbons (Fsp3) is 0.150. The normalized spacial score (nSPS) is 16.5. The average molecular weight is 322 g/mol. The molecular formula is C20H18O4. The molecule has 4 heteroatoms. The van der Waals surface area contributed by atoms with Gasteiger partial charge < -0.3 is 14.6 Å². The maximum absolute atomic E-state index is 12.2. The number of phenols is 1. The molecule has 4 nitrogen and oxygen atoms in total. The van der Waals surface area contributed by atoms with E-state index in [1.165, 1.54) is 18.4 Å². The van der Waals surface area contributed by atoms with Gasteiger partial charge in [-0.05, 0) is 36.8 Å². The molecule has 3 rings (SSSR count). The third kappa shape index (κ3) is 3.84. The number of rotatable bonds is 5. The SMILES string of the molecule is Cc1ccc(O)c(C(=O)C=CC2=COC(Cc3ccccc3)O2)c1. The Hall–Kier alpha value is -3.01. The lowest BCUT2D eigenvalue weighted by Gasteiger charge is -2.10. The van der Waals surface area contributed by atoms with Crippen LogP contribution >= 0.6 is 0 Å². The number of carbonyl (C=O) groups is 1. The van der Waals surface area contributed by atoms with E-state index in [0.717, 1.165) is 11.1 Å². The molecule has 1 aliphatic heterocycles. The molecule has 1 aliphatic rings. The molecule has 0 aliphatic carbocycles. The van der Waals surface area contributed by atoms with Crippen LogP contribution in [-0.2, 0) is 15.9 Å². The van der Waals surface area contributed by atoms with Crippen molar-refractivity contribution in [3.63, 3.8) is 0 Å². The molecule has 122 valence electrons. The fourth-order valence-corrected chi connectivity index (χ4v) is 2.42. The predicted octanol–water partition coefficient (Wildman–Crippen LogP) is 3.90. The smallest absolute Gasteiger partial charge is 0.244 e. The molecule has 1 heterocycles. The minimum absolute atomic E-state index is 0.0326. The molecule has 0 spiro atoms. The van der Waals surface area contributed by atoms with E-state index in [-0.39, 0.29) is 17.1 Å². The summed E-state index contributed by atoms with van der Waals surface area (Å²) in [6, 6.07) is 14.8. The maximum Gasteiger partial charge on any atom is 0.244 e. The van der Waals surface area contributed by atoms with Crippen molar-refractivity contribution in [2.24, 2.45) is 0 Å². The molecule has 0 aromatic heterocycles. The first-order valence-corrected chi connectivity index (χ1v) is 7.70. The van der Waals surface area contributed by atoms with Gasteiger partial charge in [0, 0.05) is 6.42 Å². The summed E-state index contributed by atoms with van der Waals surface area (Å²) in [5.74, 6) is 0.165. The highest BCUT2D eigenvalue weighted by Crippen LogP contribution is 2.21. The van der Waals surface area contributed by atoms with Crippen LogP contribution in [-0.4, -0.2) is 17.2 Å². The summed E-state index contributed by atoms with van der Waals surface area (Å²) in [7, 11) is 0. The lowest BCUT2D eigenvalue weighted by atomic mass is 10.1. The minimum atomic E-state index is -0.394. The Morgan fingerprint density at radius 1 is 1.21 bits per heavy atom. The number of aryl methyl sites for hydroxylation is 1. The third-order valence-electron chi connectivity index (χ3n) is 3.67. The summed E-state index contributed by atoms with van der Waals surface area (Å²) >= 11 is 0. The first-order valence-electron chi connectivity index (χ1n) is 7.70. The Morgan fingerprint density at radius 3 is 2.79 bits per heavy atom. The van der Waals surface area contributed by atoms with Gasteiger partial charge in [0.2, 0.25) is 6.29 Å². The van der Waals surface area contributed by atoms with Gasteiger partial charge in [-0.3, -0.25) is 4.79 Å². The second-order valence-electron chi connectivity index (χ2n) is 5.61. The lowest BCUT2D eigenvalue weighted by Crippen LogP contribution is -2.11. The number of hydrogen-bond acceptors (Lipinski definition) is 4. The van der Waals surface area contributed by atoms with Crippen molar-refractivity contribution in [3.05, 3.63) is 89.4 Å². The van der Waals surface area contributed by atoms with Gasteiger partial charge in [0.05, 0.1) is 5.56 Å². The highest BCUT2D eigenvalue weighted by molar-refractivity contribution is 6.06. The van der Waals surface area contributed by atoms with Gasteiger partial charge in [-0.1, -0.05) is 42.0 Å². The third-order valence-corrected chi connectivity index (χ3v) is 3.67. The molecule has 0 bridgehead atoms. The summed E-state index contributed by atoms with van der Waals surface area (Å²) in [5.41, 5.74) is 2.29. The molecule has 2 aromatic rings. The molecule has 0 fully saturated rings. The van der Waals surface area contributed by atoms with E-state index in [1.54, 1.807) is 18.2 Å². The minimum Gasteiger partial charge on any atom is -0.507 e. The van der Waals surface area contributed by atoms with Crippen molar-refractivity contribution in [2.75, 3.05) is 0 Å². The first kappa shape index (κ1) is 15.9. The van der Waals surface area contributed by atoms with E-state index in [0.29, 0.717) is 12.2 Å². The quantitative estimate of drug-likeness (QED) is 0.670. The van der Waals surface area contributed by atoms with Gasteiger partial charge >= 0.3 is 0 Å². The Bertz CT molecular complexity index is 791. The largest absolute Gasteiger partial charge is 0.507 e. The summed E-state index contributed by atoms with van der Waals surface area (Å²) in [6.07, 6.45) is 4.65. The molecule has 1 unspecified atom stereocenters. The molecule has 0 radical (unpaired) electrons. The van der Waals surface area contributed by atoms with Crippen molar-refractivity contribution in [1.29, 1.82) is 0 Å². The van der Waals surface area contributed by atoms with Crippen molar-refractivity contribution in [3.8, 4) is 5.75 Å². The Morgan fingerprint density at radius 2 is 2.00 bits per heavy atom. The molecule has 1 atom stereocenters. The molecule has 0 saturated carbocycles. The lowest BCUT2D eigenvalue weighted by molar-refractivity contribution is -0.0269. The zero-order chi connectivity index (χ0) is 16.9. The summed E-state index contributed by atoms with van der Waals surface area (Å²) in [4.78, 5) is 12.2. The maximum atomic E-state index is 12.2. The van der Waals surface area contributed by atoms with Crippen LogP contribution in [0.15, 0.2) is 72.7 Å². The second-order valence-corrected chi connectivity index (χ2v) is 5.61. The Kier molecular flexibility index (Phi) is 4.66. The van der Waals surface area contributed by atoms with E-state index in [1.807, 2.05) is 37.3 Å². The topological polar surface area (TPSA) is 55.8 Å². The Balaban J connectivity index is 1.59. The second kappa shape index (κ2) is 7.04. The van der Waals surface area contributed by atoms with Crippen LogP contribution in [0, 0.1) is 6.92 Å². The highest BCUT2D eigenvalue weighted by atomic mass is 16.7. The monoisotopic (exact) mass is 322 g/mol. The van der Waals surface area contributed by atoms with Gasteiger partial charge in [-0.15, -0.1) is 0 Å². The number of carbonyl (C=O) groups excluding carboxylic acids is 1. The van der Waals surface area contributed by atoms with Gasteiger partial charge in [-0.2, -0.15) is 0 Å². The molecular weight excluding hydrogens is 304 g/mol. The van der Waals surface area contributed by atoms with Crippen LogP contribution in [0.25, 0.3) is 0 Å². The van der Waals surface area contributed by atoms with Crippen LogP contribution in [0.2, 0.25) is 0 Å². The zero-order valence-corrected chi connectivity index (χ0v) is 13.3. The van der Waals surface area contributed by atoms with Gasteiger partial charge in [0.15, 0.2) is 11.5 Å². The van der Waals surface area contributed by atoms with E-state index >= 15 is 0 Å². The van der Waals surface area contributed by atoms with E-state index in [4.69, 9.17) is 9.47 Å². The van der Waals surface area contributed by atoms with Crippen LogP contribution < -0.4 is 0 Å². The zero-order valence-electron chi connectivity index (χ0n) is 13.3. The first-order chi connectivity index (χ1) is 11.6. The molecule has 24 heavy (non-hydrogen) atoms. The van der Waals surface area contributed by atoms with Gasteiger partial charge in [0.25, 0.3) is 0 Å². The average Bonchev–Trinajstić information content (AvgIpc) is 3.03. The number of hydrogen-bond donors (Lipinski definition) is 1. The van der Waals surface area contributed by atoms with Crippen LogP contribution in [0.5, 0.6) is 5.75 Å². The highest BCUT2D eigenvalue weighted by Gasteiger charge is 2.18.